The summed E-state index contributed by atoms with van der Waals surface area (Å²) in [5, 5.41) is 3.44. The molecule has 3 N–H and O–H groups in total. The van der Waals surface area contributed by atoms with Crippen molar-refractivity contribution in [1.29, 1.82) is 0 Å². The van der Waals surface area contributed by atoms with Crippen LogP contribution >= 0.6 is 31.9 Å². The largest absolute Gasteiger partial charge is 0.496 e. The SMILES string of the molecule is COc1ccc(C(CN)Nc2ccccc2Br)cc1Br. The van der Waals surface area contributed by atoms with Crippen LogP contribution in [0.5, 0.6) is 5.75 Å². The van der Waals surface area contributed by atoms with Gasteiger partial charge in [-0.15, -0.1) is 0 Å². The quantitative estimate of drug-likeness (QED) is 0.786. The van der Waals surface area contributed by atoms with Crippen LogP contribution in [-0.4, -0.2) is 13.7 Å². The first kappa shape index (κ1) is 15.4. The zero-order chi connectivity index (χ0) is 14.5. The molecule has 0 fully saturated rings. The summed E-state index contributed by atoms with van der Waals surface area (Å²) >= 11 is 7.03. The van der Waals surface area contributed by atoms with Crippen LogP contribution in [0.15, 0.2) is 51.4 Å². The molecule has 2 rings (SSSR count). The Morgan fingerprint density at radius 1 is 1.15 bits per heavy atom. The number of ether oxygens (including phenoxy) is 1. The lowest BCUT2D eigenvalue weighted by Gasteiger charge is -2.20. The highest BCUT2D eigenvalue weighted by atomic mass is 79.9. The van der Waals surface area contributed by atoms with Crippen LogP contribution in [0.3, 0.4) is 0 Å². The molecular weight excluding hydrogens is 384 g/mol. The molecular formula is C15H16Br2N2O. The highest BCUT2D eigenvalue weighted by Gasteiger charge is 2.12. The normalized spacial score (nSPS) is 12.0. The van der Waals surface area contributed by atoms with Crippen LogP contribution in [0, 0.1) is 0 Å². The maximum absolute atomic E-state index is 5.90. The smallest absolute Gasteiger partial charge is 0.133 e. The van der Waals surface area contributed by atoms with E-state index in [0.717, 1.165) is 25.9 Å². The Bertz CT molecular complexity index is 590. The Labute approximate surface area is 135 Å². The fraction of sp³-hybridized carbons (Fsp3) is 0.200. The number of para-hydroxylation sites is 1. The third kappa shape index (κ3) is 3.53. The lowest BCUT2D eigenvalue weighted by Crippen LogP contribution is -2.20. The van der Waals surface area contributed by atoms with Crippen molar-refractivity contribution >= 4 is 37.5 Å². The molecule has 1 atom stereocenters. The van der Waals surface area contributed by atoms with Gasteiger partial charge >= 0.3 is 0 Å². The van der Waals surface area contributed by atoms with E-state index in [1.165, 1.54) is 0 Å². The Hall–Kier alpha value is -1.04. The molecule has 20 heavy (non-hydrogen) atoms. The Morgan fingerprint density at radius 3 is 2.50 bits per heavy atom. The van der Waals surface area contributed by atoms with Crippen LogP contribution in [0.4, 0.5) is 5.69 Å². The molecule has 0 spiro atoms. The topological polar surface area (TPSA) is 47.3 Å². The van der Waals surface area contributed by atoms with E-state index in [9.17, 15) is 0 Å². The molecule has 2 aromatic rings. The van der Waals surface area contributed by atoms with Gasteiger partial charge < -0.3 is 15.8 Å². The van der Waals surface area contributed by atoms with Gasteiger partial charge in [0.05, 0.1) is 17.6 Å². The van der Waals surface area contributed by atoms with Gasteiger partial charge in [0, 0.05) is 16.7 Å². The molecule has 0 aliphatic carbocycles. The molecule has 0 aromatic heterocycles. The number of halogens is 2. The molecule has 0 heterocycles. The van der Waals surface area contributed by atoms with Gasteiger partial charge in [0.15, 0.2) is 0 Å². The number of anilines is 1. The summed E-state index contributed by atoms with van der Waals surface area (Å²) in [7, 11) is 1.65. The van der Waals surface area contributed by atoms with Gasteiger partial charge in [-0.1, -0.05) is 18.2 Å². The van der Waals surface area contributed by atoms with E-state index >= 15 is 0 Å². The molecule has 0 aliphatic rings. The molecule has 0 saturated carbocycles. The first-order valence-electron chi connectivity index (χ1n) is 6.20. The van der Waals surface area contributed by atoms with E-state index < -0.39 is 0 Å². The van der Waals surface area contributed by atoms with Gasteiger partial charge in [0.25, 0.3) is 0 Å². The van der Waals surface area contributed by atoms with Gasteiger partial charge in [-0.25, -0.2) is 0 Å². The summed E-state index contributed by atoms with van der Waals surface area (Å²) in [6.07, 6.45) is 0. The minimum atomic E-state index is 0.0379. The molecule has 0 aliphatic heterocycles. The second-order valence-corrected chi connectivity index (χ2v) is 6.02. The molecule has 3 nitrogen and oxygen atoms in total. The molecule has 0 radical (unpaired) electrons. The number of hydrogen-bond acceptors (Lipinski definition) is 3. The summed E-state index contributed by atoms with van der Waals surface area (Å²) in [6, 6.07) is 14.0. The van der Waals surface area contributed by atoms with Crippen molar-refractivity contribution in [2.75, 3.05) is 19.0 Å². The van der Waals surface area contributed by atoms with E-state index in [-0.39, 0.29) is 6.04 Å². The number of hydrogen-bond donors (Lipinski definition) is 2. The predicted molar refractivity (Wildman–Crippen MR) is 90.3 cm³/mol. The fourth-order valence-corrected chi connectivity index (χ4v) is 2.90. The van der Waals surface area contributed by atoms with Crippen molar-refractivity contribution in [2.24, 2.45) is 5.73 Å². The van der Waals surface area contributed by atoms with E-state index in [1.54, 1.807) is 7.11 Å². The number of rotatable bonds is 5. The number of methoxy groups -OCH3 is 1. The van der Waals surface area contributed by atoms with Gasteiger partial charge in [0.1, 0.15) is 5.75 Å². The van der Waals surface area contributed by atoms with Gasteiger partial charge in [-0.2, -0.15) is 0 Å². The van der Waals surface area contributed by atoms with Crippen molar-refractivity contribution in [3.63, 3.8) is 0 Å². The molecule has 0 amide bonds. The third-order valence-corrected chi connectivity index (χ3v) is 4.33. The standard InChI is InChI=1S/C15H16Br2N2O/c1-20-15-7-6-10(8-12(15)17)14(9-18)19-13-5-3-2-4-11(13)16/h2-8,14,19H,9,18H2,1H3. The summed E-state index contributed by atoms with van der Waals surface area (Å²) in [5.74, 6) is 0.811. The predicted octanol–water partition coefficient (Wildman–Crippen LogP) is 4.33. The summed E-state index contributed by atoms with van der Waals surface area (Å²) in [4.78, 5) is 0. The average Bonchev–Trinajstić information content (AvgIpc) is 2.46. The number of nitrogens with two attached hydrogens (primary N) is 1. The maximum atomic E-state index is 5.90. The van der Waals surface area contributed by atoms with Gasteiger partial charge in [0.2, 0.25) is 0 Å². The Balaban J connectivity index is 2.24. The Kier molecular flexibility index (Phi) is 5.46. The van der Waals surface area contributed by atoms with Crippen molar-refractivity contribution < 1.29 is 4.74 Å². The van der Waals surface area contributed by atoms with E-state index in [1.807, 2.05) is 42.5 Å². The molecule has 1 unspecified atom stereocenters. The zero-order valence-corrected chi connectivity index (χ0v) is 14.2. The van der Waals surface area contributed by atoms with E-state index in [2.05, 4.69) is 37.2 Å². The van der Waals surface area contributed by atoms with Crippen molar-refractivity contribution in [3.8, 4) is 5.75 Å². The highest BCUT2D eigenvalue weighted by Crippen LogP contribution is 2.30. The number of benzene rings is 2. The number of nitrogens with one attached hydrogen (secondary N) is 1. The van der Waals surface area contributed by atoms with Crippen LogP contribution in [0.2, 0.25) is 0 Å². The fourth-order valence-electron chi connectivity index (χ4n) is 1.94. The monoisotopic (exact) mass is 398 g/mol. The second-order valence-electron chi connectivity index (χ2n) is 4.31. The average molecular weight is 400 g/mol. The third-order valence-electron chi connectivity index (χ3n) is 3.02. The van der Waals surface area contributed by atoms with Crippen LogP contribution in [-0.2, 0) is 0 Å². The maximum Gasteiger partial charge on any atom is 0.133 e. The first-order chi connectivity index (χ1) is 9.65. The Morgan fingerprint density at radius 2 is 1.90 bits per heavy atom. The summed E-state index contributed by atoms with van der Waals surface area (Å²) < 4.78 is 7.19. The molecule has 5 heteroatoms. The van der Waals surface area contributed by atoms with E-state index in [0.29, 0.717) is 6.54 Å². The highest BCUT2D eigenvalue weighted by molar-refractivity contribution is 9.11. The van der Waals surface area contributed by atoms with Crippen molar-refractivity contribution in [1.82, 2.24) is 0 Å². The molecule has 0 bridgehead atoms. The van der Waals surface area contributed by atoms with Gasteiger partial charge in [-0.05, 0) is 61.7 Å². The van der Waals surface area contributed by atoms with Gasteiger partial charge in [-0.3, -0.25) is 0 Å². The lowest BCUT2D eigenvalue weighted by molar-refractivity contribution is 0.412. The summed E-state index contributed by atoms with van der Waals surface area (Å²) in [5.41, 5.74) is 8.03. The minimum Gasteiger partial charge on any atom is -0.496 e. The van der Waals surface area contributed by atoms with Crippen LogP contribution in [0.25, 0.3) is 0 Å². The minimum absolute atomic E-state index is 0.0379. The second kappa shape index (κ2) is 7.11. The van der Waals surface area contributed by atoms with Crippen LogP contribution < -0.4 is 15.8 Å². The lowest BCUT2D eigenvalue weighted by atomic mass is 10.1. The van der Waals surface area contributed by atoms with Crippen molar-refractivity contribution in [2.45, 2.75) is 6.04 Å². The van der Waals surface area contributed by atoms with Crippen molar-refractivity contribution in [3.05, 3.63) is 57.0 Å². The zero-order valence-electron chi connectivity index (χ0n) is 11.1. The molecule has 106 valence electrons. The van der Waals surface area contributed by atoms with E-state index in [4.69, 9.17) is 10.5 Å². The summed E-state index contributed by atoms with van der Waals surface area (Å²) in [6.45, 7) is 0.500. The first-order valence-corrected chi connectivity index (χ1v) is 7.79. The molecule has 2 aromatic carbocycles. The molecule has 0 saturated heterocycles. The van der Waals surface area contributed by atoms with Crippen LogP contribution in [0.1, 0.15) is 11.6 Å².